The van der Waals surface area contributed by atoms with Crippen LogP contribution >= 0.6 is 22.7 Å². The number of hydrogen-bond acceptors (Lipinski definition) is 5. The second kappa shape index (κ2) is 6.41. The molecule has 1 fully saturated rings. The highest BCUT2D eigenvalue weighted by atomic mass is 32.1. The number of aryl methyl sites for hydroxylation is 1. The molecule has 0 atom stereocenters. The Bertz CT molecular complexity index is 829. The van der Waals surface area contributed by atoms with Crippen LogP contribution < -0.4 is 4.90 Å². The summed E-state index contributed by atoms with van der Waals surface area (Å²) in [7, 11) is 0. The lowest BCUT2D eigenvalue weighted by Crippen LogP contribution is -2.48. The van der Waals surface area contributed by atoms with Gasteiger partial charge in [-0.2, -0.15) is 5.10 Å². The standard InChI is InChI=1S/C17H18N4OS2/c1-12-4-5-15(24-12)17(22)21-8-6-20(7-9-21)16-11-13(18-19-16)14-3-2-10-23-14/h2-5,10-11H,6-9H2,1H3,(H,18,19). The molecule has 0 bridgehead atoms. The number of rotatable bonds is 3. The number of nitrogens with one attached hydrogen (secondary N) is 1. The molecule has 3 aromatic heterocycles. The lowest BCUT2D eigenvalue weighted by atomic mass is 10.2. The molecule has 4 heterocycles. The fourth-order valence-electron chi connectivity index (χ4n) is 2.88. The summed E-state index contributed by atoms with van der Waals surface area (Å²) < 4.78 is 0. The lowest BCUT2D eigenvalue weighted by molar-refractivity contribution is 0.0751. The number of H-pyrrole nitrogens is 1. The molecule has 7 heteroatoms. The van der Waals surface area contributed by atoms with Crippen LogP contribution in [0.3, 0.4) is 0 Å². The highest BCUT2D eigenvalue weighted by molar-refractivity contribution is 7.14. The van der Waals surface area contributed by atoms with Gasteiger partial charge in [0.05, 0.1) is 15.4 Å². The van der Waals surface area contributed by atoms with E-state index in [1.54, 1.807) is 22.7 Å². The van der Waals surface area contributed by atoms with E-state index in [0.717, 1.165) is 42.6 Å². The molecule has 24 heavy (non-hydrogen) atoms. The van der Waals surface area contributed by atoms with Gasteiger partial charge in [-0.05, 0) is 30.5 Å². The minimum Gasteiger partial charge on any atom is -0.352 e. The van der Waals surface area contributed by atoms with E-state index in [9.17, 15) is 4.79 Å². The Hall–Kier alpha value is -2.12. The van der Waals surface area contributed by atoms with Gasteiger partial charge in [0.2, 0.25) is 0 Å². The third-order valence-electron chi connectivity index (χ3n) is 4.19. The number of aromatic nitrogens is 2. The molecule has 0 saturated carbocycles. The van der Waals surface area contributed by atoms with Crippen LogP contribution in [0.2, 0.25) is 0 Å². The van der Waals surface area contributed by atoms with Crippen molar-refractivity contribution in [3.8, 4) is 10.6 Å². The van der Waals surface area contributed by atoms with Crippen LogP contribution in [0.15, 0.2) is 35.7 Å². The first kappa shape index (κ1) is 15.4. The van der Waals surface area contributed by atoms with Crippen molar-refractivity contribution in [2.75, 3.05) is 31.1 Å². The fraction of sp³-hybridized carbons (Fsp3) is 0.294. The van der Waals surface area contributed by atoms with Crippen LogP contribution in [0.1, 0.15) is 14.5 Å². The first-order valence-corrected chi connectivity index (χ1v) is 9.60. The third kappa shape index (κ3) is 2.97. The topological polar surface area (TPSA) is 52.2 Å². The summed E-state index contributed by atoms with van der Waals surface area (Å²) in [6.07, 6.45) is 0. The second-order valence-corrected chi connectivity index (χ2v) is 8.04. The maximum Gasteiger partial charge on any atom is 0.264 e. The van der Waals surface area contributed by atoms with E-state index < -0.39 is 0 Å². The van der Waals surface area contributed by atoms with Crippen LogP contribution in [-0.2, 0) is 0 Å². The lowest BCUT2D eigenvalue weighted by Gasteiger charge is -2.34. The minimum atomic E-state index is 0.147. The van der Waals surface area contributed by atoms with E-state index in [4.69, 9.17) is 0 Å². The molecule has 0 radical (unpaired) electrons. The SMILES string of the molecule is Cc1ccc(C(=O)N2CCN(c3cc(-c4cccs4)[nH]n3)CC2)s1. The van der Waals surface area contributed by atoms with E-state index in [1.807, 2.05) is 30.0 Å². The zero-order chi connectivity index (χ0) is 16.5. The monoisotopic (exact) mass is 358 g/mol. The van der Waals surface area contributed by atoms with E-state index in [2.05, 4.69) is 32.6 Å². The van der Waals surface area contributed by atoms with Crippen molar-refractivity contribution in [3.05, 3.63) is 45.5 Å². The molecule has 124 valence electrons. The fourth-order valence-corrected chi connectivity index (χ4v) is 4.40. The average Bonchev–Trinajstić information content (AvgIpc) is 3.35. The smallest absolute Gasteiger partial charge is 0.264 e. The molecule has 1 aliphatic heterocycles. The molecule has 0 aliphatic carbocycles. The van der Waals surface area contributed by atoms with Gasteiger partial charge in [-0.15, -0.1) is 22.7 Å². The summed E-state index contributed by atoms with van der Waals surface area (Å²) >= 11 is 3.27. The van der Waals surface area contributed by atoms with Gasteiger partial charge in [-0.3, -0.25) is 9.89 Å². The molecular weight excluding hydrogens is 340 g/mol. The van der Waals surface area contributed by atoms with Crippen molar-refractivity contribution in [3.63, 3.8) is 0 Å². The summed E-state index contributed by atoms with van der Waals surface area (Å²) in [5, 5.41) is 9.60. The minimum absolute atomic E-state index is 0.147. The van der Waals surface area contributed by atoms with Crippen LogP contribution in [0.4, 0.5) is 5.82 Å². The van der Waals surface area contributed by atoms with Crippen LogP contribution in [-0.4, -0.2) is 47.2 Å². The molecule has 4 rings (SSSR count). The summed E-state index contributed by atoms with van der Waals surface area (Å²) in [4.78, 5) is 19.9. The summed E-state index contributed by atoms with van der Waals surface area (Å²) in [6.45, 7) is 5.12. The van der Waals surface area contributed by atoms with E-state index in [-0.39, 0.29) is 5.91 Å². The first-order valence-electron chi connectivity index (χ1n) is 7.90. The zero-order valence-electron chi connectivity index (χ0n) is 13.4. The average molecular weight is 358 g/mol. The maximum atomic E-state index is 12.5. The number of amides is 1. The molecule has 1 N–H and O–H groups in total. The van der Waals surface area contributed by atoms with Gasteiger partial charge in [0.25, 0.3) is 5.91 Å². The summed E-state index contributed by atoms with van der Waals surface area (Å²) in [5.74, 6) is 1.10. The normalized spacial score (nSPS) is 15.0. The van der Waals surface area contributed by atoms with Crippen molar-refractivity contribution < 1.29 is 4.79 Å². The number of thiophene rings is 2. The van der Waals surface area contributed by atoms with Gasteiger partial charge in [0.15, 0.2) is 5.82 Å². The largest absolute Gasteiger partial charge is 0.352 e. The predicted molar refractivity (Wildman–Crippen MR) is 99.1 cm³/mol. The number of carbonyl (C=O) groups excluding carboxylic acids is 1. The molecular formula is C17H18N4OS2. The molecule has 0 spiro atoms. The Kier molecular flexibility index (Phi) is 4.12. The van der Waals surface area contributed by atoms with Gasteiger partial charge < -0.3 is 9.80 Å². The first-order chi connectivity index (χ1) is 11.7. The molecule has 5 nitrogen and oxygen atoms in total. The van der Waals surface area contributed by atoms with Crippen molar-refractivity contribution in [2.24, 2.45) is 0 Å². The van der Waals surface area contributed by atoms with Crippen LogP contribution in [0, 0.1) is 6.92 Å². The number of aromatic amines is 1. The zero-order valence-corrected chi connectivity index (χ0v) is 15.0. The Labute approximate surface area is 148 Å². The van der Waals surface area contributed by atoms with Crippen LogP contribution in [0.25, 0.3) is 10.6 Å². The van der Waals surface area contributed by atoms with E-state index in [0.29, 0.717) is 0 Å². The third-order valence-corrected chi connectivity index (χ3v) is 6.08. The molecule has 1 amide bonds. The van der Waals surface area contributed by atoms with Crippen LogP contribution in [0.5, 0.6) is 0 Å². The van der Waals surface area contributed by atoms with E-state index in [1.165, 1.54) is 9.75 Å². The molecule has 1 saturated heterocycles. The molecule has 0 unspecified atom stereocenters. The Balaban J connectivity index is 1.40. The number of hydrogen-bond donors (Lipinski definition) is 1. The van der Waals surface area contributed by atoms with Gasteiger partial charge in [0.1, 0.15) is 0 Å². The highest BCUT2D eigenvalue weighted by Gasteiger charge is 2.24. The quantitative estimate of drug-likeness (QED) is 0.780. The summed E-state index contributed by atoms with van der Waals surface area (Å²) in [5.41, 5.74) is 1.05. The molecule has 3 aromatic rings. The van der Waals surface area contributed by atoms with Gasteiger partial charge >= 0.3 is 0 Å². The van der Waals surface area contributed by atoms with Crippen molar-refractivity contribution >= 4 is 34.4 Å². The van der Waals surface area contributed by atoms with E-state index >= 15 is 0 Å². The summed E-state index contributed by atoms with van der Waals surface area (Å²) in [6, 6.07) is 10.1. The van der Waals surface area contributed by atoms with Gasteiger partial charge in [-0.25, -0.2) is 0 Å². The highest BCUT2D eigenvalue weighted by Crippen LogP contribution is 2.26. The Morgan fingerprint density at radius 3 is 2.71 bits per heavy atom. The Morgan fingerprint density at radius 1 is 1.21 bits per heavy atom. The number of carbonyl (C=O) groups is 1. The molecule has 0 aromatic carbocycles. The number of piperazine rings is 1. The van der Waals surface area contributed by atoms with Gasteiger partial charge in [0, 0.05) is 37.1 Å². The molecule has 1 aliphatic rings. The van der Waals surface area contributed by atoms with Gasteiger partial charge in [-0.1, -0.05) is 6.07 Å². The Morgan fingerprint density at radius 2 is 2.04 bits per heavy atom. The van der Waals surface area contributed by atoms with Crippen molar-refractivity contribution in [1.82, 2.24) is 15.1 Å². The van der Waals surface area contributed by atoms with Crippen molar-refractivity contribution in [1.29, 1.82) is 0 Å². The number of anilines is 1. The van der Waals surface area contributed by atoms with Crippen molar-refractivity contribution in [2.45, 2.75) is 6.92 Å². The predicted octanol–water partition coefficient (Wildman–Crippen LogP) is 3.47. The maximum absolute atomic E-state index is 12.5. The second-order valence-electron chi connectivity index (χ2n) is 5.81. The number of nitrogens with zero attached hydrogens (tertiary/aromatic N) is 3.